The molecule has 1 N–H and O–H groups in total. The first-order valence-electron chi connectivity index (χ1n) is 8.17. The molecule has 0 saturated heterocycles. The Bertz CT molecular complexity index is 800. The van der Waals surface area contributed by atoms with Gasteiger partial charge in [-0.3, -0.25) is 4.79 Å². The lowest BCUT2D eigenvalue weighted by Gasteiger charge is -2.16. The fraction of sp³-hybridized carbons (Fsp3) is 0.200. The van der Waals surface area contributed by atoms with Crippen molar-refractivity contribution in [3.05, 3.63) is 90.0 Å². The van der Waals surface area contributed by atoms with E-state index in [2.05, 4.69) is 22.4 Å². The molecule has 1 atom stereocenters. The smallest absolute Gasteiger partial charge is 0.254 e. The number of nitrogens with zero attached hydrogens (tertiary/aromatic N) is 2. The molecule has 128 valence electrons. The number of hydrogen-bond acceptors (Lipinski definition) is 3. The minimum absolute atomic E-state index is 0.178. The Hall–Kier alpha value is -2.92. The first-order valence-corrected chi connectivity index (χ1v) is 8.17. The molecule has 3 aromatic rings. The van der Waals surface area contributed by atoms with Gasteiger partial charge in [-0.05, 0) is 11.1 Å². The molecule has 0 bridgehead atoms. The molecule has 0 aliphatic heterocycles. The van der Waals surface area contributed by atoms with Crippen molar-refractivity contribution in [1.82, 2.24) is 14.9 Å². The summed E-state index contributed by atoms with van der Waals surface area (Å²) in [6.45, 7) is 1.07. The minimum Gasteiger partial charge on any atom is -0.367 e. The zero-order chi connectivity index (χ0) is 17.5. The summed E-state index contributed by atoms with van der Waals surface area (Å²) in [5.41, 5.74) is 2.02. The van der Waals surface area contributed by atoms with Gasteiger partial charge in [-0.1, -0.05) is 60.7 Å². The molecule has 0 aliphatic carbocycles. The van der Waals surface area contributed by atoms with Crippen LogP contribution in [-0.4, -0.2) is 22.6 Å². The van der Waals surface area contributed by atoms with Crippen LogP contribution in [0.5, 0.6) is 0 Å². The Labute approximate surface area is 147 Å². The Morgan fingerprint density at radius 1 is 1.12 bits per heavy atom. The lowest BCUT2D eigenvalue weighted by Crippen LogP contribution is -2.31. The molecule has 5 nitrogen and oxygen atoms in total. The zero-order valence-electron chi connectivity index (χ0n) is 14.1. The van der Waals surface area contributed by atoms with Crippen LogP contribution in [0.3, 0.4) is 0 Å². The van der Waals surface area contributed by atoms with Gasteiger partial charge in [0.25, 0.3) is 5.91 Å². The van der Waals surface area contributed by atoms with Crippen molar-refractivity contribution in [2.24, 2.45) is 0 Å². The number of nitrogens with one attached hydrogen (secondary N) is 1. The normalized spacial score (nSPS) is 11.9. The van der Waals surface area contributed by atoms with Crippen LogP contribution in [0, 0.1) is 0 Å². The van der Waals surface area contributed by atoms with Crippen molar-refractivity contribution in [2.75, 3.05) is 7.11 Å². The number of benzene rings is 2. The fourth-order valence-corrected chi connectivity index (χ4v) is 2.71. The molecule has 0 unspecified atom stereocenters. The number of ether oxygens (including phenoxy) is 1. The summed E-state index contributed by atoms with van der Waals surface area (Å²) >= 11 is 0. The summed E-state index contributed by atoms with van der Waals surface area (Å²) < 4.78 is 7.38. The summed E-state index contributed by atoms with van der Waals surface area (Å²) in [6, 6.07) is 19.6. The van der Waals surface area contributed by atoms with E-state index in [1.165, 1.54) is 12.7 Å². The van der Waals surface area contributed by atoms with Crippen LogP contribution in [0.25, 0.3) is 0 Å². The average Bonchev–Trinajstić information content (AvgIpc) is 3.09. The summed E-state index contributed by atoms with van der Waals surface area (Å²) in [5.74, 6) is 0.628. The number of aromatic nitrogens is 2. The Morgan fingerprint density at radius 3 is 2.48 bits per heavy atom. The predicted octanol–water partition coefficient (Wildman–Crippen LogP) is 2.94. The van der Waals surface area contributed by atoms with Crippen LogP contribution < -0.4 is 5.32 Å². The highest BCUT2D eigenvalue weighted by atomic mass is 16.5. The molecule has 0 saturated carbocycles. The van der Waals surface area contributed by atoms with Gasteiger partial charge in [-0.15, -0.1) is 0 Å². The minimum atomic E-state index is -0.626. The molecular weight excluding hydrogens is 314 g/mol. The molecule has 0 aliphatic rings. The van der Waals surface area contributed by atoms with Gasteiger partial charge < -0.3 is 14.6 Å². The van der Waals surface area contributed by atoms with E-state index in [4.69, 9.17) is 4.74 Å². The Morgan fingerprint density at radius 2 is 1.80 bits per heavy atom. The van der Waals surface area contributed by atoms with Crippen LogP contribution in [0.2, 0.25) is 0 Å². The maximum Gasteiger partial charge on any atom is 0.254 e. The number of rotatable bonds is 7. The SMILES string of the molecule is CO[C@@H](C(=O)NCc1nccn1Cc1ccccc1)c1ccccc1. The van der Waals surface area contributed by atoms with Crippen molar-refractivity contribution < 1.29 is 9.53 Å². The molecule has 2 aromatic carbocycles. The van der Waals surface area contributed by atoms with Crippen LogP contribution in [-0.2, 0) is 22.6 Å². The first kappa shape index (κ1) is 16.9. The molecular formula is C20H21N3O2. The topological polar surface area (TPSA) is 56.1 Å². The Kier molecular flexibility index (Phi) is 5.59. The molecule has 0 radical (unpaired) electrons. The summed E-state index contributed by atoms with van der Waals surface area (Å²) in [4.78, 5) is 16.8. The molecule has 0 spiro atoms. The van der Waals surface area contributed by atoms with Gasteiger partial charge in [0, 0.05) is 26.0 Å². The molecule has 0 fully saturated rings. The van der Waals surface area contributed by atoms with Gasteiger partial charge in [0.2, 0.25) is 0 Å². The highest BCUT2D eigenvalue weighted by molar-refractivity contribution is 5.82. The second kappa shape index (κ2) is 8.26. The van der Waals surface area contributed by atoms with E-state index in [0.29, 0.717) is 6.54 Å². The summed E-state index contributed by atoms with van der Waals surface area (Å²) in [7, 11) is 1.54. The van der Waals surface area contributed by atoms with Gasteiger partial charge in [0.15, 0.2) is 6.10 Å². The third-order valence-electron chi connectivity index (χ3n) is 3.99. The molecule has 1 aromatic heterocycles. The van der Waals surface area contributed by atoms with Crippen molar-refractivity contribution in [3.8, 4) is 0 Å². The summed E-state index contributed by atoms with van der Waals surface area (Å²) in [6.07, 6.45) is 3.04. The number of amides is 1. The third kappa shape index (κ3) is 4.33. The number of carbonyl (C=O) groups is 1. The lowest BCUT2D eigenvalue weighted by molar-refractivity contribution is -0.131. The number of imidazole rings is 1. The van der Waals surface area contributed by atoms with Crippen molar-refractivity contribution in [1.29, 1.82) is 0 Å². The van der Waals surface area contributed by atoms with Crippen molar-refractivity contribution >= 4 is 5.91 Å². The van der Waals surface area contributed by atoms with Crippen LogP contribution in [0.15, 0.2) is 73.1 Å². The highest BCUT2D eigenvalue weighted by Crippen LogP contribution is 2.16. The second-order valence-corrected chi connectivity index (χ2v) is 5.70. The monoisotopic (exact) mass is 335 g/mol. The number of methoxy groups -OCH3 is 1. The lowest BCUT2D eigenvalue weighted by atomic mass is 10.1. The third-order valence-corrected chi connectivity index (χ3v) is 3.99. The van der Waals surface area contributed by atoms with Gasteiger partial charge in [0.1, 0.15) is 5.82 Å². The van der Waals surface area contributed by atoms with Crippen molar-refractivity contribution in [3.63, 3.8) is 0 Å². The highest BCUT2D eigenvalue weighted by Gasteiger charge is 2.19. The first-order chi connectivity index (χ1) is 12.3. The summed E-state index contributed by atoms with van der Waals surface area (Å²) in [5, 5.41) is 2.91. The molecule has 25 heavy (non-hydrogen) atoms. The number of carbonyl (C=O) groups excluding carboxylic acids is 1. The molecule has 1 heterocycles. The predicted molar refractivity (Wildman–Crippen MR) is 95.8 cm³/mol. The van der Waals surface area contributed by atoms with E-state index in [1.807, 2.05) is 59.3 Å². The fourth-order valence-electron chi connectivity index (χ4n) is 2.71. The maximum atomic E-state index is 12.5. The van der Waals surface area contributed by atoms with E-state index in [9.17, 15) is 4.79 Å². The van der Waals surface area contributed by atoms with Gasteiger partial charge in [0.05, 0.1) is 6.54 Å². The molecule has 3 rings (SSSR count). The van der Waals surface area contributed by atoms with Crippen molar-refractivity contribution in [2.45, 2.75) is 19.2 Å². The van der Waals surface area contributed by atoms with E-state index in [0.717, 1.165) is 17.9 Å². The average molecular weight is 335 g/mol. The van der Waals surface area contributed by atoms with E-state index < -0.39 is 6.10 Å². The largest absolute Gasteiger partial charge is 0.367 e. The van der Waals surface area contributed by atoms with Gasteiger partial charge >= 0.3 is 0 Å². The van der Waals surface area contributed by atoms with E-state index in [1.54, 1.807) is 6.20 Å². The zero-order valence-corrected chi connectivity index (χ0v) is 14.1. The number of hydrogen-bond donors (Lipinski definition) is 1. The van der Waals surface area contributed by atoms with Gasteiger partial charge in [-0.2, -0.15) is 0 Å². The maximum absolute atomic E-state index is 12.5. The van der Waals surface area contributed by atoms with Crippen LogP contribution >= 0.6 is 0 Å². The van der Waals surface area contributed by atoms with E-state index in [-0.39, 0.29) is 5.91 Å². The standard InChI is InChI=1S/C20H21N3O2/c1-25-19(17-10-6-3-7-11-17)20(24)22-14-18-21-12-13-23(18)15-16-8-4-2-5-9-16/h2-13,19H,14-15H2,1H3,(H,22,24)/t19-/m1/s1. The van der Waals surface area contributed by atoms with E-state index >= 15 is 0 Å². The van der Waals surface area contributed by atoms with Crippen LogP contribution in [0.1, 0.15) is 23.1 Å². The quantitative estimate of drug-likeness (QED) is 0.722. The van der Waals surface area contributed by atoms with Crippen LogP contribution in [0.4, 0.5) is 0 Å². The van der Waals surface area contributed by atoms with Gasteiger partial charge in [-0.25, -0.2) is 4.98 Å². The Balaban J connectivity index is 1.64. The molecule has 5 heteroatoms. The molecule has 1 amide bonds. The second-order valence-electron chi connectivity index (χ2n) is 5.70.